The highest BCUT2D eigenvalue weighted by atomic mass is 15.1. The summed E-state index contributed by atoms with van der Waals surface area (Å²) in [6.07, 6.45) is 2.76. The second-order valence-corrected chi connectivity index (χ2v) is 4.60. The first-order valence-corrected chi connectivity index (χ1v) is 5.94. The molecular weight excluding hydrogens is 210 g/mol. The van der Waals surface area contributed by atoms with E-state index < -0.39 is 0 Å². The summed E-state index contributed by atoms with van der Waals surface area (Å²) in [4.78, 5) is 4.34. The van der Waals surface area contributed by atoms with Crippen molar-refractivity contribution in [3.05, 3.63) is 47.5 Å². The molecule has 0 fully saturated rings. The number of para-hydroxylation sites is 1. The summed E-state index contributed by atoms with van der Waals surface area (Å²) in [5, 5.41) is 0. The van der Waals surface area contributed by atoms with Crippen LogP contribution < -0.4 is 5.73 Å². The maximum absolute atomic E-state index is 5.89. The highest BCUT2D eigenvalue weighted by Crippen LogP contribution is 2.19. The van der Waals surface area contributed by atoms with Crippen molar-refractivity contribution in [1.82, 2.24) is 9.55 Å². The first-order valence-electron chi connectivity index (χ1n) is 5.94. The quantitative estimate of drug-likeness (QED) is 0.878. The molecule has 1 heterocycles. The van der Waals surface area contributed by atoms with Gasteiger partial charge in [-0.25, -0.2) is 4.98 Å². The molecule has 0 bridgehead atoms. The van der Waals surface area contributed by atoms with Gasteiger partial charge in [-0.2, -0.15) is 0 Å². The Morgan fingerprint density at radius 2 is 2.00 bits per heavy atom. The lowest BCUT2D eigenvalue weighted by Crippen LogP contribution is -2.19. The molecule has 1 aromatic carbocycles. The van der Waals surface area contributed by atoms with Gasteiger partial charge in [0.1, 0.15) is 0 Å². The fourth-order valence-corrected chi connectivity index (χ4v) is 2.01. The summed E-state index contributed by atoms with van der Waals surface area (Å²) in [6.45, 7) is 6.15. The van der Waals surface area contributed by atoms with Crippen LogP contribution in [-0.4, -0.2) is 15.6 Å². The second-order valence-electron chi connectivity index (χ2n) is 4.60. The van der Waals surface area contributed by atoms with Crippen molar-refractivity contribution in [2.45, 2.75) is 33.2 Å². The van der Waals surface area contributed by atoms with Crippen LogP contribution in [0.3, 0.4) is 0 Å². The van der Waals surface area contributed by atoms with Gasteiger partial charge in [-0.15, -0.1) is 0 Å². The van der Waals surface area contributed by atoms with Gasteiger partial charge in [0.2, 0.25) is 0 Å². The van der Waals surface area contributed by atoms with Gasteiger partial charge in [0.05, 0.1) is 17.7 Å². The average Bonchev–Trinajstić information content (AvgIpc) is 2.60. The Balaban J connectivity index is 2.48. The minimum Gasteiger partial charge on any atom is -0.328 e. The molecular formula is C14H19N3. The molecule has 1 atom stereocenters. The molecule has 0 amide bonds. The zero-order chi connectivity index (χ0) is 12.4. The Kier molecular flexibility index (Phi) is 3.29. The van der Waals surface area contributed by atoms with Crippen LogP contribution in [-0.2, 0) is 6.42 Å². The molecule has 2 N–H and O–H groups in total. The molecule has 0 aliphatic rings. The van der Waals surface area contributed by atoms with Crippen molar-refractivity contribution in [3.63, 3.8) is 0 Å². The van der Waals surface area contributed by atoms with E-state index in [2.05, 4.69) is 40.7 Å². The van der Waals surface area contributed by atoms with Crippen molar-refractivity contribution in [3.8, 4) is 5.69 Å². The molecule has 1 aromatic heterocycles. The summed E-state index contributed by atoms with van der Waals surface area (Å²) >= 11 is 0. The summed E-state index contributed by atoms with van der Waals surface area (Å²) in [7, 11) is 0. The van der Waals surface area contributed by atoms with Crippen molar-refractivity contribution < 1.29 is 0 Å². The van der Waals surface area contributed by atoms with Gasteiger partial charge in [0, 0.05) is 11.7 Å². The lowest BCUT2D eigenvalue weighted by molar-refractivity contribution is 0.732. The predicted molar refractivity (Wildman–Crippen MR) is 70.4 cm³/mol. The largest absolute Gasteiger partial charge is 0.328 e. The van der Waals surface area contributed by atoms with Gasteiger partial charge in [-0.05, 0) is 38.8 Å². The van der Waals surface area contributed by atoms with Crippen molar-refractivity contribution in [1.29, 1.82) is 0 Å². The SMILES string of the molecule is Cc1ncn(-c2ccccc2CC(C)N)c1C. The lowest BCUT2D eigenvalue weighted by Gasteiger charge is -2.13. The van der Waals surface area contributed by atoms with Crippen LogP contribution in [0.1, 0.15) is 23.9 Å². The van der Waals surface area contributed by atoms with Crippen LogP contribution >= 0.6 is 0 Å². The number of aryl methyl sites for hydroxylation is 1. The fraction of sp³-hybridized carbons (Fsp3) is 0.357. The minimum atomic E-state index is 0.168. The zero-order valence-corrected chi connectivity index (χ0v) is 10.6. The average molecular weight is 229 g/mol. The molecule has 2 rings (SSSR count). The molecule has 1 unspecified atom stereocenters. The molecule has 17 heavy (non-hydrogen) atoms. The van der Waals surface area contributed by atoms with E-state index in [-0.39, 0.29) is 6.04 Å². The number of nitrogens with zero attached hydrogens (tertiary/aromatic N) is 2. The Labute approximate surface area is 102 Å². The Hall–Kier alpha value is -1.61. The summed E-state index contributed by atoms with van der Waals surface area (Å²) in [5.41, 5.74) is 10.6. The first kappa shape index (κ1) is 11.9. The van der Waals surface area contributed by atoms with Crippen molar-refractivity contribution in [2.24, 2.45) is 5.73 Å². The van der Waals surface area contributed by atoms with Crippen LogP contribution in [0.25, 0.3) is 5.69 Å². The maximum Gasteiger partial charge on any atom is 0.0997 e. The molecule has 90 valence electrons. The fourth-order valence-electron chi connectivity index (χ4n) is 2.01. The van der Waals surface area contributed by atoms with E-state index in [1.165, 1.54) is 16.9 Å². The Morgan fingerprint density at radius 1 is 1.29 bits per heavy atom. The third kappa shape index (κ3) is 2.39. The third-order valence-corrected chi connectivity index (χ3v) is 3.04. The van der Waals surface area contributed by atoms with E-state index in [9.17, 15) is 0 Å². The molecule has 0 saturated heterocycles. The lowest BCUT2D eigenvalue weighted by atomic mass is 10.1. The Bertz CT molecular complexity index is 512. The third-order valence-electron chi connectivity index (χ3n) is 3.04. The number of nitrogens with two attached hydrogens (primary N) is 1. The van der Waals surface area contributed by atoms with E-state index in [0.717, 1.165) is 12.1 Å². The molecule has 0 aliphatic heterocycles. The van der Waals surface area contributed by atoms with E-state index in [0.29, 0.717) is 0 Å². The highest BCUT2D eigenvalue weighted by molar-refractivity contribution is 5.43. The Morgan fingerprint density at radius 3 is 2.59 bits per heavy atom. The number of imidazole rings is 1. The van der Waals surface area contributed by atoms with Crippen molar-refractivity contribution in [2.75, 3.05) is 0 Å². The maximum atomic E-state index is 5.89. The smallest absolute Gasteiger partial charge is 0.0997 e. The number of benzene rings is 1. The van der Waals surface area contributed by atoms with E-state index >= 15 is 0 Å². The molecule has 2 aromatic rings. The van der Waals surface area contributed by atoms with Crippen molar-refractivity contribution >= 4 is 0 Å². The van der Waals surface area contributed by atoms with Gasteiger partial charge in [-0.3, -0.25) is 0 Å². The predicted octanol–water partition coefficient (Wildman–Crippen LogP) is 2.38. The molecule has 0 radical (unpaired) electrons. The standard InChI is InChI=1S/C14H19N3/c1-10(15)8-13-6-4-5-7-14(13)17-9-16-11(2)12(17)3/h4-7,9-10H,8,15H2,1-3H3. The van der Waals surface area contributed by atoms with Crippen LogP contribution in [0.2, 0.25) is 0 Å². The van der Waals surface area contributed by atoms with Gasteiger partial charge in [0.25, 0.3) is 0 Å². The second kappa shape index (κ2) is 4.72. The number of rotatable bonds is 3. The van der Waals surface area contributed by atoms with E-state index in [1.54, 1.807) is 0 Å². The van der Waals surface area contributed by atoms with Gasteiger partial charge >= 0.3 is 0 Å². The topological polar surface area (TPSA) is 43.8 Å². The van der Waals surface area contributed by atoms with Gasteiger partial charge in [0.15, 0.2) is 0 Å². The van der Waals surface area contributed by atoms with E-state index in [1.807, 2.05) is 20.2 Å². The van der Waals surface area contributed by atoms with Gasteiger partial charge < -0.3 is 10.3 Å². The normalized spacial score (nSPS) is 12.7. The first-order chi connectivity index (χ1) is 8.09. The zero-order valence-electron chi connectivity index (χ0n) is 10.6. The molecule has 0 spiro atoms. The molecule has 0 saturated carbocycles. The molecule has 3 heteroatoms. The summed E-state index contributed by atoms with van der Waals surface area (Å²) < 4.78 is 2.13. The summed E-state index contributed by atoms with van der Waals surface area (Å²) in [5.74, 6) is 0. The van der Waals surface area contributed by atoms with Crippen LogP contribution in [0.5, 0.6) is 0 Å². The number of hydrogen-bond acceptors (Lipinski definition) is 2. The highest BCUT2D eigenvalue weighted by Gasteiger charge is 2.09. The molecule has 3 nitrogen and oxygen atoms in total. The van der Waals surface area contributed by atoms with E-state index in [4.69, 9.17) is 5.73 Å². The number of aromatic nitrogens is 2. The van der Waals surface area contributed by atoms with Crippen LogP contribution in [0.15, 0.2) is 30.6 Å². The van der Waals surface area contributed by atoms with Crippen LogP contribution in [0.4, 0.5) is 0 Å². The monoisotopic (exact) mass is 229 g/mol. The number of hydrogen-bond donors (Lipinski definition) is 1. The van der Waals surface area contributed by atoms with Gasteiger partial charge in [-0.1, -0.05) is 18.2 Å². The van der Waals surface area contributed by atoms with Crippen LogP contribution in [0, 0.1) is 13.8 Å². The molecule has 0 aliphatic carbocycles. The minimum absolute atomic E-state index is 0.168. The summed E-state index contributed by atoms with van der Waals surface area (Å²) in [6, 6.07) is 8.52.